The number of amides is 2. The Morgan fingerprint density at radius 2 is 1.59 bits per heavy atom. The van der Waals surface area contributed by atoms with Crippen molar-refractivity contribution in [3.05, 3.63) is 107 Å². The van der Waals surface area contributed by atoms with Gasteiger partial charge in [0.25, 0.3) is 0 Å². The van der Waals surface area contributed by atoms with Crippen molar-refractivity contribution in [2.45, 2.75) is 58.7 Å². The summed E-state index contributed by atoms with van der Waals surface area (Å²) in [7, 11) is 0. The Bertz CT molecular complexity index is 1080. The highest BCUT2D eigenvalue weighted by molar-refractivity contribution is 5.89. The summed E-state index contributed by atoms with van der Waals surface area (Å²) in [4.78, 5) is 28.7. The number of hydrogen-bond acceptors (Lipinski definition) is 2. The van der Waals surface area contributed by atoms with E-state index in [0.717, 1.165) is 28.7 Å². The van der Waals surface area contributed by atoms with E-state index in [0.29, 0.717) is 6.42 Å². The van der Waals surface area contributed by atoms with Crippen LogP contribution in [0.25, 0.3) is 0 Å². The van der Waals surface area contributed by atoms with Crippen molar-refractivity contribution in [1.82, 2.24) is 10.2 Å². The minimum Gasteiger partial charge on any atom is -0.352 e. The molecule has 0 aromatic heterocycles. The van der Waals surface area contributed by atoms with Crippen molar-refractivity contribution >= 4 is 11.8 Å². The fraction of sp³-hybridized carbons (Fsp3) is 0.310. The maximum absolute atomic E-state index is 13.7. The molecule has 3 aromatic rings. The summed E-state index contributed by atoms with van der Waals surface area (Å²) in [5, 5.41) is 3.06. The number of nitrogens with zero attached hydrogens (tertiary/aromatic N) is 1. The number of rotatable bonds is 10. The zero-order chi connectivity index (χ0) is 24.5. The summed E-state index contributed by atoms with van der Waals surface area (Å²) in [5.74, 6) is -0.662. The van der Waals surface area contributed by atoms with Gasteiger partial charge in [-0.2, -0.15) is 0 Å². The van der Waals surface area contributed by atoms with Crippen molar-refractivity contribution in [3.63, 3.8) is 0 Å². The molecule has 178 valence electrons. The van der Waals surface area contributed by atoms with Crippen LogP contribution in [-0.4, -0.2) is 28.8 Å². The van der Waals surface area contributed by atoms with E-state index in [1.54, 1.807) is 17.0 Å². The highest BCUT2D eigenvalue weighted by atomic mass is 19.1. The van der Waals surface area contributed by atoms with Crippen LogP contribution in [0.15, 0.2) is 78.9 Å². The van der Waals surface area contributed by atoms with Gasteiger partial charge in [0.05, 0.1) is 6.42 Å². The number of hydrogen-bond donors (Lipinski definition) is 1. The smallest absolute Gasteiger partial charge is 0.243 e. The van der Waals surface area contributed by atoms with Crippen molar-refractivity contribution in [3.8, 4) is 0 Å². The zero-order valence-electron chi connectivity index (χ0n) is 20.1. The Morgan fingerprint density at radius 1 is 0.912 bits per heavy atom. The third-order valence-electron chi connectivity index (χ3n) is 5.98. The SMILES string of the molecule is CC[C@H](C)NC(=O)[C@@H](Cc1ccccc1)N(Cc1ccc(F)cc1)C(=O)Cc1cccc(C)c1. The summed E-state index contributed by atoms with van der Waals surface area (Å²) in [5.41, 5.74) is 3.72. The molecule has 0 fully saturated rings. The molecule has 0 saturated carbocycles. The molecule has 2 atom stereocenters. The molecule has 34 heavy (non-hydrogen) atoms. The van der Waals surface area contributed by atoms with Crippen LogP contribution in [0.4, 0.5) is 4.39 Å². The van der Waals surface area contributed by atoms with Crippen LogP contribution in [0.3, 0.4) is 0 Å². The lowest BCUT2D eigenvalue weighted by molar-refractivity contribution is -0.141. The van der Waals surface area contributed by atoms with E-state index in [1.807, 2.05) is 75.4 Å². The minimum atomic E-state index is -0.696. The molecule has 0 bridgehead atoms. The fourth-order valence-corrected chi connectivity index (χ4v) is 3.88. The quantitative estimate of drug-likeness (QED) is 0.450. The number of aryl methyl sites for hydroxylation is 1. The number of halogens is 1. The lowest BCUT2D eigenvalue weighted by atomic mass is 10.0. The lowest BCUT2D eigenvalue weighted by Gasteiger charge is -2.32. The zero-order valence-corrected chi connectivity index (χ0v) is 20.1. The van der Waals surface area contributed by atoms with E-state index >= 15 is 0 Å². The van der Waals surface area contributed by atoms with Gasteiger partial charge in [0, 0.05) is 19.0 Å². The Labute approximate surface area is 201 Å². The fourth-order valence-electron chi connectivity index (χ4n) is 3.88. The first kappa shape index (κ1) is 25.2. The highest BCUT2D eigenvalue weighted by Crippen LogP contribution is 2.18. The van der Waals surface area contributed by atoms with Crippen molar-refractivity contribution in [2.75, 3.05) is 0 Å². The van der Waals surface area contributed by atoms with E-state index < -0.39 is 6.04 Å². The second kappa shape index (κ2) is 12.1. The average molecular weight is 461 g/mol. The summed E-state index contributed by atoms with van der Waals surface area (Å²) >= 11 is 0. The van der Waals surface area contributed by atoms with Gasteiger partial charge in [-0.25, -0.2) is 4.39 Å². The summed E-state index contributed by atoms with van der Waals surface area (Å²) in [6.07, 6.45) is 1.37. The first-order chi connectivity index (χ1) is 16.4. The Hall–Kier alpha value is -3.47. The van der Waals surface area contributed by atoms with E-state index in [1.165, 1.54) is 12.1 Å². The van der Waals surface area contributed by atoms with Gasteiger partial charge in [-0.1, -0.05) is 79.2 Å². The molecular weight excluding hydrogens is 427 g/mol. The largest absolute Gasteiger partial charge is 0.352 e. The number of carbonyl (C=O) groups is 2. The van der Waals surface area contributed by atoms with Gasteiger partial charge in [-0.15, -0.1) is 0 Å². The number of benzene rings is 3. The summed E-state index contributed by atoms with van der Waals surface area (Å²) < 4.78 is 13.5. The van der Waals surface area contributed by atoms with E-state index in [4.69, 9.17) is 0 Å². The topological polar surface area (TPSA) is 49.4 Å². The van der Waals surface area contributed by atoms with Gasteiger partial charge in [0.15, 0.2) is 0 Å². The third kappa shape index (κ3) is 7.27. The molecule has 4 nitrogen and oxygen atoms in total. The standard InChI is InChI=1S/C29H33FN2O2/c1-4-22(3)31-29(34)27(18-23-10-6-5-7-11-23)32(20-24-13-15-26(30)16-14-24)28(33)19-25-12-8-9-21(2)17-25/h5-17,22,27H,4,18-20H2,1-3H3,(H,31,34)/t22-,27+/m0/s1. The monoisotopic (exact) mass is 460 g/mol. The molecular formula is C29H33FN2O2. The molecule has 2 amide bonds. The van der Waals surface area contributed by atoms with Crippen LogP contribution in [0.5, 0.6) is 0 Å². The average Bonchev–Trinajstić information content (AvgIpc) is 2.83. The molecule has 0 aliphatic carbocycles. The van der Waals surface area contributed by atoms with Gasteiger partial charge in [-0.05, 0) is 49.1 Å². The molecule has 0 heterocycles. The third-order valence-corrected chi connectivity index (χ3v) is 5.98. The molecule has 0 saturated heterocycles. The van der Waals surface area contributed by atoms with E-state index in [-0.39, 0.29) is 36.6 Å². The number of carbonyl (C=O) groups excluding carboxylic acids is 2. The lowest BCUT2D eigenvalue weighted by Crippen LogP contribution is -2.52. The van der Waals surface area contributed by atoms with Crippen molar-refractivity contribution < 1.29 is 14.0 Å². The highest BCUT2D eigenvalue weighted by Gasteiger charge is 2.31. The minimum absolute atomic E-state index is 0.00896. The summed E-state index contributed by atoms with van der Waals surface area (Å²) in [6.45, 7) is 6.17. The first-order valence-corrected chi connectivity index (χ1v) is 11.8. The molecule has 3 rings (SSSR count). The van der Waals surface area contributed by atoms with Crippen LogP contribution in [0.2, 0.25) is 0 Å². The molecule has 3 aromatic carbocycles. The van der Waals surface area contributed by atoms with Gasteiger partial charge < -0.3 is 10.2 Å². The van der Waals surface area contributed by atoms with Gasteiger partial charge in [-0.3, -0.25) is 9.59 Å². The Morgan fingerprint density at radius 3 is 2.24 bits per heavy atom. The normalized spacial score (nSPS) is 12.6. The predicted octanol–water partition coefficient (Wildman–Crippen LogP) is 5.23. The Balaban J connectivity index is 1.96. The molecule has 0 radical (unpaired) electrons. The predicted molar refractivity (Wildman–Crippen MR) is 134 cm³/mol. The van der Waals surface area contributed by atoms with E-state index in [9.17, 15) is 14.0 Å². The van der Waals surface area contributed by atoms with Crippen molar-refractivity contribution in [1.29, 1.82) is 0 Å². The van der Waals surface area contributed by atoms with Crippen LogP contribution < -0.4 is 5.32 Å². The first-order valence-electron chi connectivity index (χ1n) is 11.8. The van der Waals surface area contributed by atoms with Crippen LogP contribution in [0.1, 0.15) is 42.5 Å². The molecule has 0 spiro atoms. The van der Waals surface area contributed by atoms with Crippen molar-refractivity contribution in [2.24, 2.45) is 0 Å². The van der Waals surface area contributed by atoms with Crippen LogP contribution in [0, 0.1) is 12.7 Å². The molecule has 5 heteroatoms. The molecule has 0 aliphatic heterocycles. The maximum atomic E-state index is 13.7. The van der Waals surface area contributed by atoms with Crippen LogP contribution in [-0.2, 0) is 29.0 Å². The van der Waals surface area contributed by atoms with Gasteiger partial charge >= 0.3 is 0 Å². The molecule has 1 N–H and O–H groups in total. The van der Waals surface area contributed by atoms with Crippen LogP contribution >= 0.6 is 0 Å². The van der Waals surface area contributed by atoms with E-state index in [2.05, 4.69) is 5.32 Å². The molecule has 0 unspecified atom stereocenters. The number of nitrogens with one attached hydrogen (secondary N) is 1. The second-order valence-corrected chi connectivity index (χ2v) is 8.84. The summed E-state index contributed by atoms with van der Waals surface area (Å²) in [6, 6.07) is 22.9. The Kier molecular flexibility index (Phi) is 8.97. The van der Waals surface area contributed by atoms with Gasteiger partial charge in [0.1, 0.15) is 11.9 Å². The second-order valence-electron chi connectivity index (χ2n) is 8.84. The van der Waals surface area contributed by atoms with Gasteiger partial charge in [0.2, 0.25) is 11.8 Å². The maximum Gasteiger partial charge on any atom is 0.243 e. The molecule has 0 aliphatic rings.